The van der Waals surface area contributed by atoms with Crippen molar-refractivity contribution in [1.29, 1.82) is 0 Å². The van der Waals surface area contributed by atoms with Gasteiger partial charge in [0, 0.05) is 19.2 Å². The van der Waals surface area contributed by atoms with Crippen LogP contribution in [0.25, 0.3) is 0 Å². The lowest BCUT2D eigenvalue weighted by Gasteiger charge is -2.21. The first-order valence-corrected chi connectivity index (χ1v) is 5.65. The van der Waals surface area contributed by atoms with Crippen molar-refractivity contribution in [3.63, 3.8) is 0 Å². The van der Waals surface area contributed by atoms with E-state index in [1.165, 1.54) is 12.3 Å². The van der Waals surface area contributed by atoms with Crippen molar-refractivity contribution >= 4 is 5.82 Å². The molecule has 1 aromatic heterocycles. The molecule has 1 rings (SSSR count). The smallest absolute Gasteiger partial charge is 0.142 e. The number of aliphatic hydroxyl groups excluding tert-OH is 1. The molecule has 1 aromatic rings. The highest BCUT2D eigenvalue weighted by Gasteiger charge is 2.09. The van der Waals surface area contributed by atoms with Gasteiger partial charge in [-0.15, -0.1) is 0 Å². The molecule has 5 heteroatoms. The Kier molecular flexibility index (Phi) is 5.31. The van der Waals surface area contributed by atoms with Crippen LogP contribution in [0, 0.1) is 5.82 Å². The quantitative estimate of drug-likeness (QED) is 0.809. The molecule has 0 aromatic carbocycles. The van der Waals surface area contributed by atoms with Crippen molar-refractivity contribution in [3.05, 3.63) is 23.6 Å². The predicted octanol–water partition coefficient (Wildman–Crippen LogP) is 1.10. The van der Waals surface area contributed by atoms with Gasteiger partial charge in [-0.25, -0.2) is 9.37 Å². The fourth-order valence-electron chi connectivity index (χ4n) is 1.66. The Labute approximate surface area is 102 Å². The van der Waals surface area contributed by atoms with Gasteiger partial charge >= 0.3 is 0 Å². The number of nitrogens with zero attached hydrogens (tertiary/aromatic N) is 3. The summed E-state index contributed by atoms with van der Waals surface area (Å²) < 4.78 is 13.0. The summed E-state index contributed by atoms with van der Waals surface area (Å²) in [6, 6.07) is 1.32. The first kappa shape index (κ1) is 13.9. The van der Waals surface area contributed by atoms with Crippen LogP contribution in [-0.2, 0) is 6.61 Å². The minimum Gasteiger partial charge on any atom is -0.392 e. The average molecular weight is 241 g/mol. The lowest BCUT2D eigenvalue weighted by Crippen LogP contribution is -2.25. The molecule has 0 saturated heterocycles. The number of rotatable bonds is 6. The summed E-state index contributed by atoms with van der Waals surface area (Å²) in [6.45, 7) is 1.61. The van der Waals surface area contributed by atoms with Gasteiger partial charge in [-0.05, 0) is 33.1 Å². The molecule has 96 valence electrons. The minimum atomic E-state index is -0.417. The van der Waals surface area contributed by atoms with Crippen molar-refractivity contribution in [2.45, 2.75) is 13.0 Å². The monoisotopic (exact) mass is 241 g/mol. The molecule has 1 N–H and O–H groups in total. The Morgan fingerprint density at radius 3 is 2.59 bits per heavy atom. The van der Waals surface area contributed by atoms with Gasteiger partial charge in [0.25, 0.3) is 0 Å². The summed E-state index contributed by atoms with van der Waals surface area (Å²) >= 11 is 0. The van der Waals surface area contributed by atoms with E-state index >= 15 is 0 Å². The fraction of sp³-hybridized carbons (Fsp3) is 0.583. The second-order valence-corrected chi connectivity index (χ2v) is 4.37. The largest absolute Gasteiger partial charge is 0.392 e. The van der Waals surface area contributed by atoms with Crippen molar-refractivity contribution < 1.29 is 9.50 Å². The van der Waals surface area contributed by atoms with Crippen LogP contribution in [0.2, 0.25) is 0 Å². The summed E-state index contributed by atoms with van der Waals surface area (Å²) in [5, 5.41) is 9.16. The molecule has 0 aliphatic rings. The van der Waals surface area contributed by atoms with Gasteiger partial charge in [0.05, 0.1) is 12.8 Å². The number of halogens is 1. The van der Waals surface area contributed by atoms with E-state index in [4.69, 9.17) is 5.11 Å². The van der Waals surface area contributed by atoms with Crippen LogP contribution in [0.4, 0.5) is 10.2 Å². The number of hydrogen-bond donors (Lipinski definition) is 1. The summed E-state index contributed by atoms with van der Waals surface area (Å²) in [7, 11) is 5.94. The van der Waals surface area contributed by atoms with Crippen LogP contribution in [0.3, 0.4) is 0 Å². The molecule has 0 amide bonds. The molecule has 0 radical (unpaired) electrons. The van der Waals surface area contributed by atoms with E-state index in [1.807, 2.05) is 26.0 Å². The summed E-state index contributed by atoms with van der Waals surface area (Å²) in [5.74, 6) is 0.229. The number of aromatic nitrogens is 1. The molecule has 0 spiro atoms. The van der Waals surface area contributed by atoms with E-state index in [9.17, 15) is 4.39 Å². The van der Waals surface area contributed by atoms with Crippen molar-refractivity contribution in [2.24, 2.45) is 0 Å². The second-order valence-electron chi connectivity index (χ2n) is 4.37. The Morgan fingerprint density at radius 1 is 1.29 bits per heavy atom. The first-order chi connectivity index (χ1) is 8.04. The maximum absolute atomic E-state index is 13.0. The molecule has 0 atom stereocenters. The number of hydrogen-bond acceptors (Lipinski definition) is 4. The van der Waals surface area contributed by atoms with Crippen LogP contribution in [0.5, 0.6) is 0 Å². The number of aliphatic hydroxyl groups is 1. The molecule has 1 heterocycles. The zero-order valence-electron chi connectivity index (χ0n) is 10.6. The summed E-state index contributed by atoms with van der Waals surface area (Å²) in [4.78, 5) is 8.07. The van der Waals surface area contributed by atoms with Gasteiger partial charge in [-0.2, -0.15) is 0 Å². The van der Waals surface area contributed by atoms with E-state index in [0.29, 0.717) is 11.4 Å². The number of pyridine rings is 1. The average Bonchev–Trinajstić information content (AvgIpc) is 2.28. The van der Waals surface area contributed by atoms with Gasteiger partial charge < -0.3 is 14.9 Å². The zero-order chi connectivity index (χ0) is 12.8. The van der Waals surface area contributed by atoms with E-state index < -0.39 is 5.82 Å². The summed E-state index contributed by atoms with van der Waals surface area (Å²) in [5.41, 5.74) is 0.525. The van der Waals surface area contributed by atoms with Gasteiger partial charge in [-0.3, -0.25) is 0 Å². The van der Waals surface area contributed by atoms with Crippen LogP contribution in [-0.4, -0.2) is 49.2 Å². The lowest BCUT2D eigenvalue weighted by atomic mass is 10.2. The van der Waals surface area contributed by atoms with Crippen LogP contribution >= 0.6 is 0 Å². The van der Waals surface area contributed by atoms with Crippen LogP contribution in [0.1, 0.15) is 12.0 Å². The molecule has 0 unspecified atom stereocenters. The van der Waals surface area contributed by atoms with E-state index in [-0.39, 0.29) is 6.61 Å². The van der Waals surface area contributed by atoms with E-state index in [1.54, 1.807) is 0 Å². The van der Waals surface area contributed by atoms with Gasteiger partial charge in [-0.1, -0.05) is 0 Å². The third-order valence-electron chi connectivity index (χ3n) is 2.54. The van der Waals surface area contributed by atoms with E-state index in [0.717, 1.165) is 19.5 Å². The highest BCUT2D eigenvalue weighted by Crippen LogP contribution is 2.17. The van der Waals surface area contributed by atoms with Crippen molar-refractivity contribution in [2.75, 3.05) is 39.1 Å². The molecule has 0 fully saturated rings. The maximum atomic E-state index is 13.0. The lowest BCUT2D eigenvalue weighted by molar-refractivity contribution is 0.281. The molecular weight excluding hydrogens is 221 g/mol. The number of anilines is 1. The Morgan fingerprint density at radius 2 is 2.00 bits per heavy atom. The van der Waals surface area contributed by atoms with Crippen LogP contribution in [0.15, 0.2) is 12.3 Å². The SMILES string of the molecule is CN(C)CCCN(C)c1ncc(F)cc1CO. The molecule has 0 aliphatic carbocycles. The topological polar surface area (TPSA) is 39.6 Å². The molecular formula is C12H20FN3O. The minimum absolute atomic E-state index is 0.196. The van der Waals surface area contributed by atoms with Gasteiger partial charge in [0.2, 0.25) is 0 Å². The zero-order valence-corrected chi connectivity index (χ0v) is 10.6. The molecule has 0 saturated carbocycles. The Balaban J connectivity index is 2.64. The molecule has 0 aliphatic heterocycles. The second kappa shape index (κ2) is 6.51. The normalized spacial score (nSPS) is 10.9. The molecule has 17 heavy (non-hydrogen) atoms. The fourth-order valence-corrected chi connectivity index (χ4v) is 1.66. The standard InChI is InChI=1S/C12H20FN3O/c1-15(2)5-4-6-16(3)12-10(9-17)7-11(13)8-14-12/h7-8,17H,4-6,9H2,1-3H3. The van der Waals surface area contributed by atoms with Gasteiger partial charge in [0.1, 0.15) is 11.6 Å². The third-order valence-corrected chi connectivity index (χ3v) is 2.54. The van der Waals surface area contributed by atoms with Crippen molar-refractivity contribution in [1.82, 2.24) is 9.88 Å². The van der Waals surface area contributed by atoms with Gasteiger partial charge in [0.15, 0.2) is 0 Å². The van der Waals surface area contributed by atoms with Crippen LogP contribution < -0.4 is 4.90 Å². The maximum Gasteiger partial charge on any atom is 0.142 e. The van der Waals surface area contributed by atoms with Crippen molar-refractivity contribution in [3.8, 4) is 0 Å². The molecule has 4 nitrogen and oxygen atoms in total. The first-order valence-electron chi connectivity index (χ1n) is 5.65. The Hall–Kier alpha value is -1.20. The highest BCUT2D eigenvalue weighted by atomic mass is 19.1. The Bertz CT molecular complexity index is 358. The highest BCUT2D eigenvalue weighted by molar-refractivity contribution is 5.45. The summed E-state index contributed by atoms with van der Waals surface area (Å²) in [6.07, 6.45) is 2.17. The third kappa shape index (κ3) is 4.28. The van der Waals surface area contributed by atoms with E-state index in [2.05, 4.69) is 9.88 Å². The predicted molar refractivity (Wildman–Crippen MR) is 66.6 cm³/mol. The molecule has 0 bridgehead atoms.